The maximum Gasteiger partial charge on any atom is 0.313 e. The van der Waals surface area contributed by atoms with E-state index < -0.39 is 65.2 Å². The lowest BCUT2D eigenvalue weighted by atomic mass is 9.77. The van der Waals surface area contributed by atoms with Crippen LogP contribution in [0.15, 0.2) is 54.6 Å². The van der Waals surface area contributed by atoms with Gasteiger partial charge >= 0.3 is 5.97 Å². The quantitative estimate of drug-likeness (QED) is 0.354. The SMILES string of the molecule is CC[C@@H](CO)N1C(=O)[C@H]2[C@@H]3C(=O)O[C@@H](c4ccccc4)[C@H](C)N(C)C(=O)CC/C=C\[C@@H]3O[C@]23C=CCN(C(C)(C)CC(C)(C)C)C(=O)[C@H]13. The van der Waals surface area contributed by atoms with E-state index in [0.29, 0.717) is 25.8 Å². The van der Waals surface area contributed by atoms with Gasteiger partial charge < -0.3 is 29.3 Å². The average Bonchev–Trinajstić information content (AvgIpc) is 3.41. The number of aliphatic hydroxyl groups excluding tert-OH is 1. The Bertz CT molecular complexity index is 1450. The number of aliphatic hydroxyl groups is 1. The molecule has 1 spiro atoms. The molecule has 1 N–H and O–H groups in total. The molecule has 3 amide bonds. The molecule has 5 rings (SSSR count). The standard InChI is InChI=1S/C38H53N3O7/c1-9-26(22-42)41-32-34(45)40(37(6,7)23-36(3,4)5)21-15-20-38(32)30(33(41)44)29-27(48-38)18-13-14-19-28(43)39(8)24(2)31(47-35(29)46)25-16-11-10-12-17-25/h10-13,15-18,20,24,26-27,29-32,42H,9,14,19,21-23H2,1-8H3/b18-13-/t24-,26-,27-,29+,30+,31+,32-,38+/m0/s1. The van der Waals surface area contributed by atoms with Crippen molar-refractivity contribution in [1.82, 2.24) is 14.7 Å². The lowest BCUT2D eigenvalue weighted by molar-refractivity contribution is -0.165. The summed E-state index contributed by atoms with van der Waals surface area (Å²) < 4.78 is 13.2. The van der Waals surface area contributed by atoms with E-state index in [1.54, 1.807) is 18.0 Å². The largest absolute Gasteiger partial charge is 0.455 e. The summed E-state index contributed by atoms with van der Waals surface area (Å²) in [6.45, 7) is 14.2. The van der Waals surface area contributed by atoms with Gasteiger partial charge in [-0.2, -0.15) is 0 Å². The zero-order chi connectivity index (χ0) is 35.2. The summed E-state index contributed by atoms with van der Waals surface area (Å²) in [5.41, 5.74) is -1.40. The second-order valence-electron chi connectivity index (χ2n) is 15.7. The first-order valence-corrected chi connectivity index (χ1v) is 17.4. The van der Waals surface area contributed by atoms with Gasteiger partial charge in [-0.25, -0.2) is 0 Å². The predicted octanol–water partition coefficient (Wildman–Crippen LogP) is 4.43. The van der Waals surface area contributed by atoms with Crippen molar-refractivity contribution in [3.8, 4) is 0 Å². The maximum absolute atomic E-state index is 14.9. The second-order valence-corrected chi connectivity index (χ2v) is 15.7. The zero-order valence-corrected chi connectivity index (χ0v) is 29.7. The molecule has 0 bridgehead atoms. The molecule has 10 heteroatoms. The molecule has 0 unspecified atom stereocenters. The molecule has 262 valence electrons. The van der Waals surface area contributed by atoms with Crippen LogP contribution in [0.5, 0.6) is 0 Å². The molecule has 4 aliphatic rings. The summed E-state index contributed by atoms with van der Waals surface area (Å²) in [7, 11) is 1.71. The van der Waals surface area contributed by atoms with Crippen LogP contribution < -0.4 is 0 Å². The predicted molar refractivity (Wildman–Crippen MR) is 181 cm³/mol. The van der Waals surface area contributed by atoms with Crippen LogP contribution in [-0.2, 0) is 28.7 Å². The number of rotatable bonds is 6. The van der Waals surface area contributed by atoms with Crippen molar-refractivity contribution in [2.24, 2.45) is 17.3 Å². The van der Waals surface area contributed by atoms with E-state index in [-0.39, 0.29) is 30.3 Å². The molecule has 0 radical (unpaired) electrons. The summed E-state index contributed by atoms with van der Waals surface area (Å²) in [4.78, 5) is 62.3. The van der Waals surface area contributed by atoms with Crippen molar-refractivity contribution >= 4 is 23.7 Å². The Hall–Kier alpha value is -3.50. The lowest BCUT2D eigenvalue weighted by Gasteiger charge is -2.45. The van der Waals surface area contributed by atoms with Crippen molar-refractivity contribution in [2.75, 3.05) is 20.2 Å². The van der Waals surface area contributed by atoms with Gasteiger partial charge in [-0.05, 0) is 51.0 Å². The molecule has 0 aromatic heterocycles. The van der Waals surface area contributed by atoms with Crippen LogP contribution in [0, 0.1) is 17.3 Å². The van der Waals surface area contributed by atoms with Crippen LogP contribution in [0.4, 0.5) is 0 Å². The zero-order valence-electron chi connectivity index (χ0n) is 29.7. The van der Waals surface area contributed by atoms with Gasteiger partial charge in [-0.1, -0.05) is 82.3 Å². The Balaban J connectivity index is 1.64. The first-order chi connectivity index (χ1) is 22.6. The highest BCUT2D eigenvalue weighted by Gasteiger charge is 2.73. The third kappa shape index (κ3) is 6.33. The third-order valence-electron chi connectivity index (χ3n) is 10.6. The number of carbonyl (C=O) groups is 4. The van der Waals surface area contributed by atoms with Crippen LogP contribution in [0.2, 0.25) is 0 Å². The molecule has 0 aliphatic carbocycles. The number of benzene rings is 1. The second kappa shape index (κ2) is 13.4. The van der Waals surface area contributed by atoms with E-state index in [4.69, 9.17) is 9.47 Å². The maximum atomic E-state index is 14.9. The lowest BCUT2D eigenvalue weighted by Crippen LogP contribution is -2.61. The normalized spacial score (nSPS) is 32.9. The van der Waals surface area contributed by atoms with Crippen molar-refractivity contribution in [1.29, 1.82) is 0 Å². The van der Waals surface area contributed by atoms with E-state index in [1.807, 2.05) is 81.2 Å². The summed E-state index contributed by atoms with van der Waals surface area (Å²) in [6, 6.07) is 7.05. The van der Waals surface area contributed by atoms with Crippen LogP contribution >= 0.6 is 0 Å². The minimum atomic E-state index is -1.47. The van der Waals surface area contributed by atoms with Crippen LogP contribution in [-0.4, -0.2) is 99.1 Å². The number of fused-ring (bicyclic) bond motifs is 2. The molecule has 0 saturated carbocycles. The number of likely N-dealkylation sites (N-methyl/N-ethyl adjacent to an activating group) is 1. The topological polar surface area (TPSA) is 117 Å². The van der Waals surface area contributed by atoms with E-state index in [0.717, 1.165) is 5.56 Å². The van der Waals surface area contributed by atoms with Gasteiger partial charge in [0.25, 0.3) is 0 Å². The fraction of sp³-hybridized carbons (Fsp3) is 0.632. The first kappa shape index (κ1) is 35.8. The number of likely N-dealkylation sites (tertiary alicyclic amines) is 1. The van der Waals surface area contributed by atoms with Crippen LogP contribution in [0.3, 0.4) is 0 Å². The molecule has 1 aromatic rings. The Kier molecular flexibility index (Phi) is 10.0. The van der Waals surface area contributed by atoms with Crippen molar-refractivity contribution in [3.05, 3.63) is 60.2 Å². The number of carbonyl (C=O) groups excluding carboxylic acids is 4. The fourth-order valence-electron chi connectivity index (χ4n) is 8.57. The highest BCUT2D eigenvalue weighted by molar-refractivity contribution is 5.99. The Morgan fingerprint density at radius 3 is 2.33 bits per heavy atom. The molecule has 10 nitrogen and oxygen atoms in total. The van der Waals surface area contributed by atoms with Crippen molar-refractivity contribution in [3.63, 3.8) is 0 Å². The van der Waals surface area contributed by atoms with Crippen molar-refractivity contribution < 1.29 is 33.8 Å². The minimum absolute atomic E-state index is 0.0809. The summed E-state index contributed by atoms with van der Waals surface area (Å²) >= 11 is 0. The van der Waals surface area contributed by atoms with E-state index in [2.05, 4.69) is 20.8 Å². The Morgan fingerprint density at radius 2 is 1.71 bits per heavy atom. The number of esters is 1. The van der Waals surface area contributed by atoms with Gasteiger partial charge in [0, 0.05) is 25.6 Å². The van der Waals surface area contributed by atoms with Gasteiger partial charge in [0.1, 0.15) is 23.7 Å². The van der Waals surface area contributed by atoms with E-state index in [1.165, 1.54) is 4.90 Å². The molecular weight excluding hydrogens is 610 g/mol. The molecule has 4 aliphatic heterocycles. The summed E-state index contributed by atoms with van der Waals surface area (Å²) in [5.74, 6) is -3.52. The number of allylic oxidation sites excluding steroid dienone is 1. The smallest absolute Gasteiger partial charge is 0.313 e. The molecule has 4 heterocycles. The summed E-state index contributed by atoms with van der Waals surface area (Å²) in [5, 5.41) is 10.5. The van der Waals surface area contributed by atoms with Gasteiger partial charge in [0.15, 0.2) is 0 Å². The number of hydrogen-bond donors (Lipinski definition) is 1. The number of amides is 3. The number of nitrogens with zero attached hydrogens (tertiary/aromatic N) is 3. The highest BCUT2D eigenvalue weighted by Crippen LogP contribution is 2.54. The van der Waals surface area contributed by atoms with Gasteiger partial charge in [-0.3, -0.25) is 19.2 Å². The first-order valence-electron chi connectivity index (χ1n) is 17.4. The minimum Gasteiger partial charge on any atom is -0.455 e. The van der Waals surface area contributed by atoms with Gasteiger partial charge in [0.05, 0.1) is 30.7 Å². The van der Waals surface area contributed by atoms with Crippen LogP contribution in [0.1, 0.15) is 85.8 Å². The average molecular weight is 664 g/mol. The van der Waals surface area contributed by atoms with Crippen molar-refractivity contribution in [2.45, 2.75) is 116 Å². The molecule has 48 heavy (non-hydrogen) atoms. The fourth-order valence-corrected chi connectivity index (χ4v) is 8.57. The molecular formula is C38H53N3O7. The molecule has 8 atom stereocenters. The number of hydrogen-bond acceptors (Lipinski definition) is 7. The van der Waals surface area contributed by atoms with Crippen LogP contribution in [0.25, 0.3) is 0 Å². The van der Waals surface area contributed by atoms with Gasteiger partial charge in [0.2, 0.25) is 17.7 Å². The van der Waals surface area contributed by atoms with E-state index >= 15 is 0 Å². The third-order valence-corrected chi connectivity index (χ3v) is 10.6. The monoisotopic (exact) mass is 663 g/mol. The number of cyclic esters (lactones) is 1. The highest BCUT2D eigenvalue weighted by atomic mass is 16.6. The Morgan fingerprint density at radius 1 is 1.02 bits per heavy atom. The summed E-state index contributed by atoms with van der Waals surface area (Å²) in [6.07, 6.45) is 7.37. The molecule has 2 saturated heterocycles. The van der Waals surface area contributed by atoms with E-state index in [9.17, 15) is 24.3 Å². The molecule has 2 fully saturated rings. The Labute approximate surface area is 285 Å². The molecule has 1 aromatic carbocycles. The number of ether oxygens (including phenoxy) is 2. The van der Waals surface area contributed by atoms with Gasteiger partial charge in [-0.15, -0.1) is 0 Å².